The number of carbonyl (C=O) groups is 3. The van der Waals surface area contributed by atoms with Gasteiger partial charge in [-0.15, -0.1) is 0 Å². The van der Waals surface area contributed by atoms with Crippen LogP contribution in [0, 0.1) is 17.6 Å². The maximum Gasteiger partial charge on any atom is 0.322 e. The maximum absolute atomic E-state index is 13.9. The Morgan fingerprint density at radius 2 is 1.94 bits per heavy atom. The third-order valence-corrected chi connectivity index (χ3v) is 6.23. The van der Waals surface area contributed by atoms with Gasteiger partial charge in [-0.2, -0.15) is 4.39 Å². The summed E-state index contributed by atoms with van der Waals surface area (Å²) in [6, 6.07) is 6.94. The van der Waals surface area contributed by atoms with Gasteiger partial charge in [0.15, 0.2) is 17.1 Å². The number of hydrogen-bond acceptors (Lipinski definition) is 6. The van der Waals surface area contributed by atoms with Crippen molar-refractivity contribution in [3.63, 3.8) is 0 Å². The first-order valence-electron chi connectivity index (χ1n) is 10.9. The molecule has 0 bridgehead atoms. The van der Waals surface area contributed by atoms with E-state index < -0.39 is 35.0 Å². The van der Waals surface area contributed by atoms with Crippen LogP contribution < -0.4 is 20.3 Å². The van der Waals surface area contributed by atoms with Gasteiger partial charge in [-0.3, -0.25) is 19.9 Å². The molecule has 2 aliphatic heterocycles. The summed E-state index contributed by atoms with van der Waals surface area (Å²) in [4.78, 5) is 45.6. The van der Waals surface area contributed by atoms with Crippen molar-refractivity contribution in [3.05, 3.63) is 53.9 Å². The van der Waals surface area contributed by atoms with Gasteiger partial charge in [-0.25, -0.2) is 9.18 Å². The minimum absolute atomic E-state index is 0.0427. The lowest BCUT2D eigenvalue weighted by molar-refractivity contribution is -0.136. The van der Waals surface area contributed by atoms with Crippen molar-refractivity contribution in [2.75, 3.05) is 38.2 Å². The molecule has 2 aromatic rings. The molecule has 2 fully saturated rings. The summed E-state index contributed by atoms with van der Waals surface area (Å²) >= 11 is 0. The monoisotopic (exact) mass is 473 g/mol. The molecule has 11 heteroatoms. The van der Waals surface area contributed by atoms with Crippen LogP contribution in [0.1, 0.15) is 19.0 Å². The molecule has 4 amide bonds. The Morgan fingerprint density at radius 1 is 1.21 bits per heavy atom. The zero-order valence-electron chi connectivity index (χ0n) is 18.8. The predicted molar refractivity (Wildman–Crippen MR) is 118 cm³/mol. The fourth-order valence-corrected chi connectivity index (χ4v) is 4.46. The van der Waals surface area contributed by atoms with E-state index in [1.165, 1.54) is 19.4 Å². The smallest absolute Gasteiger partial charge is 0.322 e. The van der Waals surface area contributed by atoms with Crippen LogP contribution in [-0.2, 0) is 15.1 Å². The fraction of sp³-hybridized carbons (Fsp3) is 0.391. The number of carbonyl (C=O) groups excluding carboxylic acids is 3. The number of hydrogen-bond donors (Lipinski definition) is 2. The molecule has 2 N–H and O–H groups in total. The molecule has 0 unspecified atom stereocenters. The van der Waals surface area contributed by atoms with Crippen molar-refractivity contribution in [2.24, 2.45) is 5.92 Å². The second kappa shape index (κ2) is 9.24. The number of pyridine rings is 1. The molecule has 2 saturated heterocycles. The Kier molecular flexibility index (Phi) is 6.36. The second-order valence-corrected chi connectivity index (χ2v) is 8.39. The molecule has 3 heterocycles. The molecule has 0 spiro atoms. The van der Waals surface area contributed by atoms with E-state index in [-0.39, 0.29) is 18.1 Å². The van der Waals surface area contributed by atoms with Gasteiger partial charge in [0.25, 0.3) is 5.91 Å². The summed E-state index contributed by atoms with van der Waals surface area (Å²) in [5.74, 6) is -3.54. The number of aromatic nitrogens is 1. The van der Waals surface area contributed by atoms with Gasteiger partial charge >= 0.3 is 6.03 Å². The van der Waals surface area contributed by atoms with E-state index in [4.69, 9.17) is 4.74 Å². The number of urea groups is 1. The number of methoxy groups -OCH3 is 1. The van der Waals surface area contributed by atoms with Crippen LogP contribution in [0.15, 0.2) is 36.5 Å². The van der Waals surface area contributed by atoms with Crippen LogP contribution in [0.5, 0.6) is 5.75 Å². The molecule has 1 aromatic heterocycles. The van der Waals surface area contributed by atoms with E-state index in [1.54, 1.807) is 30.0 Å². The number of nitrogens with one attached hydrogen (secondary N) is 2. The normalized spacial score (nSPS) is 21.2. The first-order chi connectivity index (χ1) is 16.2. The highest BCUT2D eigenvalue weighted by Gasteiger charge is 2.50. The summed E-state index contributed by atoms with van der Waals surface area (Å²) in [5.41, 5.74) is -0.609. The molecule has 1 aromatic carbocycles. The number of rotatable bonds is 6. The van der Waals surface area contributed by atoms with E-state index >= 15 is 0 Å². The van der Waals surface area contributed by atoms with Crippen molar-refractivity contribution < 1.29 is 27.9 Å². The molecule has 9 nitrogen and oxygen atoms in total. The average Bonchev–Trinajstić information content (AvgIpc) is 3.14. The van der Waals surface area contributed by atoms with Crippen molar-refractivity contribution in [1.82, 2.24) is 20.5 Å². The quantitative estimate of drug-likeness (QED) is 0.620. The van der Waals surface area contributed by atoms with Gasteiger partial charge in [0.2, 0.25) is 11.7 Å². The van der Waals surface area contributed by atoms with Crippen molar-refractivity contribution in [3.8, 4) is 5.75 Å². The molecule has 34 heavy (non-hydrogen) atoms. The molecule has 0 radical (unpaired) electrons. The van der Waals surface area contributed by atoms with Crippen molar-refractivity contribution in [1.29, 1.82) is 0 Å². The summed E-state index contributed by atoms with van der Waals surface area (Å²) in [6.07, 6.45) is 1.56. The minimum Gasteiger partial charge on any atom is -0.493 e. The number of amides is 4. The third kappa shape index (κ3) is 4.25. The van der Waals surface area contributed by atoms with E-state index in [0.29, 0.717) is 37.6 Å². The van der Waals surface area contributed by atoms with Gasteiger partial charge < -0.3 is 19.9 Å². The van der Waals surface area contributed by atoms with E-state index in [2.05, 4.69) is 15.6 Å². The summed E-state index contributed by atoms with van der Waals surface area (Å²) in [5, 5.41) is 4.90. The highest BCUT2D eigenvalue weighted by Crippen LogP contribution is 2.32. The van der Waals surface area contributed by atoms with Crippen LogP contribution in [0.2, 0.25) is 0 Å². The lowest BCUT2D eigenvalue weighted by Gasteiger charge is -2.38. The summed E-state index contributed by atoms with van der Waals surface area (Å²) < 4.78 is 32.6. The Morgan fingerprint density at radius 3 is 2.53 bits per heavy atom. The molecular formula is C23H25F2N5O4. The Hall–Kier alpha value is -3.76. The first kappa shape index (κ1) is 23.4. The third-order valence-electron chi connectivity index (χ3n) is 6.23. The average molecular weight is 473 g/mol. The number of anilines is 1. The van der Waals surface area contributed by atoms with E-state index in [9.17, 15) is 23.2 Å². The lowest BCUT2D eigenvalue weighted by atomic mass is 9.84. The van der Waals surface area contributed by atoms with Gasteiger partial charge in [0.1, 0.15) is 0 Å². The fourth-order valence-electron chi connectivity index (χ4n) is 4.46. The standard InChI is InChI=1S/C23H25F2N5O4/c1-14(13-23(18-5-3-4-6-26-18)21(32)27-22(33)28-23)20(31)30-9-7-29(8-10-30)15-11-16(24)19(25)17(12-15)34-2/h3-6,11-12,14H,7-10,13H2,1-2H3,(H2,27,28,32,33)/t14-,23-/m0/s1. The summed E-state index contributed by atoms with van der Waals surface area (Å²) in [7, 11) is 1.27. The molecule has 2 aliphatic rings. The summed E-state index contributed by atoms with van der Waals surface area (Å²) in [6.45, 7) is 3.25. The molecule has 4 rings (SSSR count). The Bertz CT molecular complexity index is 1110. The highest BCUT2D eigenvalue weighted by atomic mass is 19.2. The van der Waals surface area contributed by atoms with Crippen LogP contribution >= 0.6 is 0 Å². The Labute approximate surface area is 195 Å². The molecule has 180 valence electrons. The topological polar surface area (TPSA) is 104 Å². The number of piperazine rings is 1. The van der Waals surface area contributed by atoms with Crippen LogP contribution in [0.3, 0.4) is 0 Å². The van der Waals surface area contributed by atoms with Gasteiger partial charge in [0.05, 0.1) is 12.8 Å². The minimum atomic E-state index is -1.43. The highest BCUT2D eigenvalue weighted by molar-refractivity contribution is 6.07. The maximum atomic E-state index is 13.9. The molecular weight excluding hydrogens is 448 g/mol. The molecule has 0 saturated carbocycles. The number of benzene rings is 1. The number of imide groups is 1. The SMILES string of the molecule is COc1cc(N2CCN(C(=O)[C@@H](C)C[C@@]3(c4ccccn4)NC(=O)NC3=O)CC2)cc(F)c1F. The van der Waals surface area contributed by atoms with Crippen LogP contribution in [0.4, 0.5) is 19.3 Å². The molecule has 0 aliphatic carbocycles. The largest absolute Gasteiger partial charge is 0.493 e. The number of ether oxygens (including phenoxy) is 1. The second-order valence-electron chi connectivity index (χ2n) is 8.39. The zero-order valence-corrected chi connectivity index (χ0v) is 18.8. The van der Waals surface area contributed by atoms with Crippen LogP contribution in [0.25, 0.3) is 0 Å². The van der Waals surface area contributed by atoms with E-state index in [1.807, 2.05) is 4.90 Å². The zero-order chi connectivity index (χ0) is 24.5. The van der Waals surface area contributed by atoms with Crippen molar-refractivity contribution in [2.45, 2.75) is 18.9 Å². The van der Waals surface area contributed by atoms with E-state index in [0.717, 1.165) is 6.07 Å². The Balaban J connectivity index is 1.44. The lowest BCUT2D eigenvalue weighted by Crippen LogP contribution is -2.52. The van der Waals surface area contributed by atoms with Gasteiger partial charge in [-0.1, -0.05) is 13.0 Å². The van der Waals surface area contributed by atoms with Crippen molar-refractivity contribution >= 4 is 23.5 Å². The van der Waals surface area contributed by atoms with Crippen LogP contribution in [-0.4, -0.2) is 61.0 Å². The first-order valence-corrected chi connectivity index (χ1v) is 10.9. The molecule has 2 atom stereocenters. The van der Waals surface area contributed by atoms with Gasteiger partial charge in [0, 0.05) is 56.1 Å². The number of nitrogens with zero attached hydrogens (tertiary/aromatic N) is 3. The number of halogens is 2. The van der Waals surface area contributed by atoms with Gasteiger partial charge in [-0.05, 0) is 18.6 Å². The predicted octanol–water partition coefficient (Wildman–Crippen LogP) is 1.78.